The lowest BCUT2D eigenvalue weighted by Gasteiger charge is -2.17. The van der Waals surface area contributed by atoms with E-state index in [2.05, 4.69) is 5.32 Å². The number of nitrogens with one attached hydrogen (secondary N) is 1. The molecular formula is C9H10Cl2N2O. The molecule has 0 bridgehead atoms. The van der Waals surface area contributed by atoms with Crippen molar-refractivity contribution >= 4 is 34.9 Å². The van der Waals surface area contributed by atoms with E-state index in [4.69, 9.17) is 23.2 Å². The number of amides is 2. The monoisotopic (exact) mass is 232 g/mol. The number of halogens is 2. The fourth-order valence-electron chi connectivity index (χ4n) is 1.03. The lowest BCUT2D eigenvalue weighted by Crippen LogP contribution is -2.34. The summed E-state index contributed by atoms with van der Waals surface area (Å²) in [6.07, 6.45) is 0. The number of rotatable bonds is 1. The van der Waals surface area contributed by atoms with Gasteiger partial charge in [-0.3, -0.25) is 4.90 Å². The minimum atomic E-state index is -0.228. The molecule has 1 aromatic carbocycles. The van der Waals surface area contributed by atoms with Gasteiger partial charge in [0.2, 0.25) is 0 Å². The lowest BCUT2D eigenvalue weighted by molar-refractivity contribution is 0.249. The summed E-state index contributed by atoms with van der Waals surface area (Å²) in [5.74, 6) is 0. The van der Waals surface area contributed by atoms with Gasteiger partial charge in [-0.25, -0.2) is 4.79 Å². The highest BCUT2D eigenvalue weighted by molar-refractivity contribution is 6.36. The van der Waals surface area contributed by atoms with E-state index in [-0.39, 0.29) is 6.03 Å². The fraction of sp³-hybridized carbons (Fsp3) is 0.222. The molecule has 3 nitrogen and oxygen atoms in total. The Bertz CT molecular complexity index is 355. The van der Waals surface area contributed by atoms with Gasteiger partial charge in [-0.2, -0.15) is 0 Å². The zero-order chi connectivity index (χ0) is 10.7. The number of benzene rings is 1. The SMILES string of the molecule is CNC(=O)N(C)c1ccc(Cl)cc1Cl. The van der Waals surface area contributed by atoms with Crippen LogP contribution in [0.15, 0.2) is 18.2 Å². The molecule has 1 N–H and O–H groups in total. The smallest absolute Gasteiger partial charge is 0.321 e. The van der Waals surface area contributed by atoms with Gasteiger partial charge in [0, 0.05) is 19.1 Å². The third kappa shape index (κ3) is 2.30. The van der Waals surface area contributed by atoms with Gasteiger partial charge in [0.05, 0.1) is 10.7 Å². The van der Waals surface area contributed by atoms with Gasteiger partial charge in [-0.05, 0) is 18.2 Å². The van der Waals surface area contributed by atoms with Crippen LogP contribution in [0.2, 0.25) is 10.0 Å². The summed E-state index contributed by atoms with van der Waals surface area (Å²) in [4.78, 5) is 12.7. The Morgan fingerprint density at radius 2 is 2.07 bits per heavy atom. The first-order valence-corrected chi connectivity index (χ1v) is 4.72. The number of carbonyl (C=O) groups is 1. The van der Waals surface area contributed by atoms with E-state index in [0.717, 1.165) is 0 Å². The topological polar surface area (TPSA) is 32.3 Å². The molecule has 0 aliphatic heterocycles. The van der Waals surface area contributed by atoms with Crippen LogP contribution < -0.4 is 10.2 Å². The van der Waals surface area contributed by atoms with Gasteiger partial charge in [0.25, 0.3) is 0 Å². The summed E-state index contributed by atoms with van der Waals surface area (Å²) >= 11 is 11.7. The van der Waals surface area contributed by atoms with Gasteiger partial charge in [0.1, 0.15) is 0 Å². The molecule has 1 rings (SSSR count). The Balaban J connectivity index is 3.01. The Kier molecular flexibility index (Phi) is 3.61. The van der Waals surface area contributed by atoms with Crippen LogP contribution in [0.4, 0.5) is 10.5 Å². The first-order chi connectivity index (χ1) is 6.56. The van der Waals surface area contributed by atoms with E-state index in [1.807, 2.05) is 0 Å². The average molecular weight is 233 g/mol. The Morgan fingerprint density at radius 3 is 2.57 bits per heavy atom. The highest BCUT2D eigenvalue weighted by Gasteiger charge is 2.11. The van der Waals surface area contributed by atoms with Crippen LogP contribution in [0.5, 0.6) is 0 Å². The standard InChI is InChI=1S/C9H10Cl2N2O/c1-12-9(14)13(2)8-4-3-6(10)5-7(8)11/h3-5H,1-2H3,(H,12,14). The second-order valence-corrected chi connectivity index (χ2v) is 3.55. The van der Waals surface area contributed by atoms with Crippen LogP contribution in [-0.2, 0) is 0 Å². The maximum absolute atomic E-state index is 11.3. The molecule has 0 aliphatic carbocycles. The summed E-state index contributed by atoms with van der Waals surface area (Å²) < 4.78 is 0. The van der Waals surface area contributed by atoms with Gasteiger partial charge in [0.15, 0.2) is 0 Å². The van der Waals surface area contributed by atoms with Crippen molar-refractivity contribution in [2.24, 2.45) is 0 Å². The molecule has 0 aliphatic rings. The van der Waals surface area contributed by atoms with Crippen molar-refractivity contribution in [3.63, 3.8) is 0 Å². The molecular weight excluding hydrogens is 223 g/mol. The summed E-state index contributed by atoms with van der Waals surface area (Å²) in [6, 6.07) is 4.74. The van der Waals surface area contributed by atoms with Gasteiger partial charge >= 0.3 is 6.03 Å². The molecule has 0 saturated heterocycles. The largest absolute Gasteiger partial charge is 0.341 e. The molecule has 0 aromatic heterocycles. The number of carbonyl (C=O) groups excluding carboxylic acids is 1. The van der Waals surface area contributed by atoms with E-state index in [1.165, 1.54) is 4.90 Å². The van der Waals surface area contributed by atoms with E-state index >= 15 is 0 Å². The second-order valence-electron chi connectivity index (χ2n) is 2.71. The van der Waals surface area contributed by atoms with Crippen LogP contribution in [0.1, 0.15) is 0 Å². The highest BCUT2D eigenvalue weighted by Crippen LogP contribution is 2.27. The summed E-state index contributed by atoms with van der Waals surface area (Å²) in [5.41, 5.74) is 0.621. The number of anilines is 1. The van der Waals surface area contributed by atoms with E-state index in [9.17, 15) is 4.79 Å². The molecule has 5 heteroatoms. The molecule has 0 heterocycles. The predicted molar refractivity (Wildman–Crippen MR) is 59.3 cm³/mol. The first kappa shape index (κ1) is 11.1. The molecule has 2 amide bonds. The lowest BCUT2D eigenvalue weighted by atomic mass is 10.3. The molecule has 0 atom stereocenters. The van der Waals surface area contributed by atoms with Crippen molar-refractivity contribution in [3.05, 3.63) is 28.2 Å². The zero-order valence-electron chi connectivity index (χ0n) is 7.84. The van der Waals surface area contributed by atoms with Gasteiger partial charge in [-0.15, -0.1) is 0 Å². The van der Waals surface area contributed by atoms with Crippen LogP contribution in [0.25, 0.3) is 0 Å². The third-order valence-corrected chi connectivity index (χ3v) is 2.33. The fourth-order valence-corrected chi connectivity index (χ4v) is 1.57. The van der Waals surface area contributed by atoms with Crippen molar-refractivity contribution in [3.8, 4) is 0 Å². The zero-order valence-corrected chi connectivity index (χ0v) is 9.36. The van der Waals surface area contributed by atoms with Crippen molar-refractivity contribution < 1.29 is 4.79 Å². The molecule has 0 unspecified atom stereocenters. The highest BCUT2D eigenvalue weighted by atomic mass is 35.5. The minimum absolute atomic E-state index is 0.228. The quantitative estimate of drug-likeness (QED) is 0.794. The summed E-state index contributed by atoms with van der Waals surface area (Å²) in [5, 5.41) is 3.49. The summed E-state index contributed by atoms with van der Waals surface area (Å²) in [7, 11) is 3.19. The van der Waals surface area contributed by atoms with Gasteiger partial charge in [-0.1, -0.05) is 23.2 Å². The first-order valence-electron chi connectivity index (χ1n) is 3.96. The normalized spacial score (nSPS) is 9.71. The van der Waals surface area contributed by atoms with Crippen molar-refractivity contribution in [2.45, 2.75) is 0 Å². The predicted octanol–water partition coefficient (Wildman–Crippen LogP) is 2.77. The Labute approximate surface area is 92.6 Å². The molecule has 1 aromatic rings. The van der Waals surface area contributed by atoms with Crippen molar-refractivity contribution in [1.82, 2.24) is 5.32 Å². The number of urea groups is 1. The maximum Gasteiger partial charge on any atom is 0.321 e. The Hall–Kier alpha value is -0.930. The van der Waals surface area contributed by atoms with Gasteiger partial charge < -0.3 is 5.32 Å². The van der Waals surface area contributed by atoms with Crippen LogP contribution in [-0.4, -0.2) is 20.1 Å². The Morgan fingerprint density at radius 1 is 1.43 bits per heavy atom. The van der Waals surface area contributed by atoms with Crippen LogP contribution in [0.3, 0.4) is 0 Å². The van der Waals surface area contributed by atoms with Crippen LogP contribution >= 0.6 is 23.2 Å². The third-order valence-electron chi connectivity index (χ3n) is 1.79. The molecule has 0 saturated carbocycles. The number of nitrogens with zero attached hydrogens (tertiary/aromatic N) is 1. The molecule has 76 valence electrons. The van der Waals surface area contributed by atoms with Crippen molar-refractivity contribution in [1.29, 1.82) is 0 Å². The van der Waals surface area contributed by atoms with E-state index in [0.29, 0.717) is 15.7 Å². The molecule has 0 radical (unpaired) electrons. The molecule has 14 heavy (non-hydrogen) atoms. The van der Waals surface area contributed by atoms with E-state index < -0.39 is 0 Å². The number of hydrogen-bond acceptors (Lipinski definition) is 1. The number of hydrogen-bond donors (Lipinski definition) is 1. The second kappa shape index (κ2) is 4.53. The van der Waals surface area contributed by atoms with Crippen LogP contribution in [0, 0.1) is 0 Å². The summed E-state index contributed by atoms with van der Waals surface area (Å²) in [6.45, 7) is 0. The molecule has 0 fully saturated rings. The average Bonchev–Trinajstić information content (AvgIpc) is 2.15. The molecule has 0 spiro atoms. The van der Waals surface area contributed by atoms with Crippen molar-refractivity contribution in [2.75, 3.05) is 19.0 Å². The van der Waals surface area contributed by atoms with E-state index in [1.54, 1.807) is 32.3 Å². The minimum Gasteiger partial charge on any atom is -0.341 e. The maximum atomic E-state index is 11.3.